The summed E-state index contributed by atoms with van der Waals surface area (Å²) in [6.45, 7) is 12.0. The van der Waals surface area contributed by atoms with Gasteiger partial charge in [-0.25, -0.2) is 0 Å². The molecule has 1 unspecified atom stereocenters. The Labute approximate surface area is 117 Å². The van der Waals surface area contributed by atoms with Crippen molar-refractivity contribution in [3.05, 3.63) is 29.8 Å². The molecule has 0 spiro atoms. The van der Waals surface area contributed by atoms with Gasteiger partial charge in [-0.15, -0.1) is 0 Å². The Hall–Kier alpha value is -1.02. The van der Waals surface area contributed by atoms with Crippen molar-refractivity contribution in [3.63, 3.8) is 0 Å². The minimum atomic E-state index is -0.207. The van der Waals surface area contributed by atoms with Crippen LogP contribution >= 0.6 is 0 Å². The maximum absolute atomic E-state index is 10.0. The summed E-state index contributed by atoms with van der Waals surface area (Å²) in [5.41, 5.74) is 2.87. The molecule has 0 radical (unpaired) electrons. The highest BCUT2D eigenvalue weighted by atomic mass is 16.3. The van der Waals surface area contributed by atoms with Gasteiger partial charge in [-0.3, -0.25) is 0 Å². The van der Waals surface area contributed by atoms with E-state index in [2.05, 4.69) is 63.8 Å². The fourth-order valence-corrected chi connectivity index (χ4v) is 2.97. The average Bonchev–Trinajstić information content (AvgIpc) is 2.31. The second-order valence-corrected chi connectivity index (χ2v) is 7.38. The normalized spacial score (nSPS) is 23.5. The van der Waals surface area contributed by atoms with Gasteiger partial charge in [0, 0.05) is 17.8 Å². The van der Waals surface area contributed by atoms with Gasteiger partial charge >= 0.3 is 0 Å². The van der Waals surface area contributed by atoms with Gasteiger partial charge in [-0.1, -0.05) is 39.0 Å². The maximum Gasteiger partial charge on any atom is 0.0716 e. The number of hydrogen-bond acceptors (Lipinski definition) is 2. The first kappa shape index (κ1) is 14.4. The van der Waals surface area contributed by atoms with E-state index in [0.717, 1.165) is 19.4 Å². The molecule has 2 rings (SSSR count). The lowest BCUT2D eigenvalue weighted by molar-refractivity contribution is 0.125. The Balaban J connectivity index is 2.45. The van der Waals surface area contributed by atoms with Crippen LogP contribution in [0.25, 0.3) is 0 Å². The maximum atomic E-state index is 10.0. The molecule has 0 aromatic heterocycles. The van der Waals surface area contributed by atoms with Crippen molar-refractivity contribution in [3.8, 4) is 0 Å². The quantitative estimate of drug-likeness (QED) is 0.832. The van der Waals surface area contributed by atoms with Gasteiger partial charge in [-0.2, -0.15) is 0 Å². The molecule has 1 saturated heterocycles. The molecule has 1 atom stereocenters. The third-order valence-electron chi connectivity index (χ3n) is 4.22. The van der Waals surface area contributed by atoms with Crippen LogP contribution in [0.1, 0.15) is 53.0 Å². The molecule has 1 fully saturated rings. The zero-order valence-corrected chi connectivity index (χ0v) is 12.9. The Bertz CT molecular complexity index is 445. The molecule has 0 amide bonds. The summed E-state index contributed by atoms with van der Waals surface area (Å²) in [7, 11) is 0. The highest BCUT2D eigenvalue weighted by molar-refractivity contribution is 5.58. The van der Waals surface area contributed by atoms with E-state index in [0.29, 0.717) is 0 Å². The number of hydrogen-bond donors (Lipinski definition) is 1. The van der Waals surface area contributed by atoms with Gasteiger partial charge in [0.2, 0.25) is 0 Å². The van der Waals surface area contributed by atoms with Crippen molar-refractivity contribution < 1.29 is 5.11 Å². The molecule has 2 nitrogen and oxygen atoms in total. The molecule has 0 aliphatic carbocycles. The van der Waals surface area contributed by atoms with Crippen LogP contribution in [0, 0.1) is 0 Å². The predicted octanol–water partition coefficient (Wildman–Crippen LogP) is 3.72. The Morgan fingerprint density at radius 1 is 1.21 bits per heavy atom. The molecule has 19 heavy (non-hydrogen) atoms. The molecule has 0 saturated carbocycles. The molecular formula is C17H27NO. The number of rotatable bonds is 1. The summed E-state index contributed by atoms with van der Waals surface area (Å²) in [6.07, 6.45) is 1.73. The van der Waals surface area contributed by atoms with Crippen LogP contribution in [-0.4, -0.2) is 23.3 Å². The van der Waals surface area contributed by atoms with E-state index in [-0.39, 0.29) is 17.1 Å². The molecule has 106 valence electrons. The fourth-order valence-electron chi connectivity index (χ4n) is 2.97. The summed E-state index contributed by atoms with van der Waals surface area (Å²) >= 11 is 0. The van der Waals surface area contributed by atoms with Crippen LogP contribution in [0.4, 0.5) is 5.69 Å². The van der Waals surface area contributed by atoms with Crippen LogP contribution in [-0.2, 0) is 5.41 Å². The third kappa shape index (κ3) is 2.94. The van der Waals surface area contributed by atoms with Crippen molar-refractivity contribution in [1.29, 1.82) is 0 Å². The largest absolute Gasteiger partial charge is 0.391 e. The third-order valence-corrected chi connectivity index (χ3v) is 4.22. The van der Waals surface area contributed by atoms with E-state index in [4.69, 9.17) is 0 Å². The fraction of sp³-hybridized carbons (Fsp3) is 0.647. The first-order valence-corrected chi connectivity index (χ1v) is 7.27. The Morgan fingerprint density at radius 3 is 2.47 bits per heavy atom. The molecule has 1 aliphatic heterocycles. The highest BCUT2D eigenvalue weighted by Crippen LogP contribution is 2.38. The summed E-state index contributed by atoms with van der Waals surface area (Å²) in [5, 5.41) is 10.0. The minimum absolute atomic E-state index is 0.112. The van der Waals surface area contributed by atoms with E-state index < -0.39 is 0 Å². The number of aliphatic hydroxyl groups excluding tert-OH is 1. The van der Waals surface area contributed by atoms with Gasteiger partial charge in [0.05, 0.1) is 6.10 Å². The van der Waals surface area contributed by atoms with Crippen LogP contribution < -0.4 is 4.90 Å². The number of anilines is 1. The van der Waals surface area contributed by atoms with Gasteiger partial charge in [0.15, 0.2) is 0 Å². The first-order valence-electron chi connectivity index (χ1n) is 7.27. The summed E-state index contributed by atoms with van der Waals surface area (Å²) < 4.78 is 0. The molecule has 1 aliphatic rings. The van der Waals surface area contributed by atoms with E-state index in [1.165, 1.54) is 11.3 Å². The van der Waals surface area contributed by atoms with Crippen LogP contribution in [0.2, 0.25) is 0 Å². The molecular weight excluding hydrogens is 234 g/mol. The Kier molecular flexibility index (Phi) is 3.65. The molecule has 1 N–H and O–H groups in total. The van der Waals surface area contributed by atoms with Gasteiger partial charge < -0.3 is 10.0 Å². The zero-order chi connectivity index (χ0) is 14.3. The van der Waals surface area contributed by atoms with Crippen molar-refractivity contribution in [1.82, 2.24) is 0 Å². The second-order valence-electron chi connectivity index (χ2n) is 7.38. The SMILES string of the molecule is CC(C)(C)c1ccccc1N1CC(O)CCC1(C)C. The topological polar surface area (TPSA) is 23.5 Å². The van der Waals surface area contributed by atoms with Crippen molar-refractivity contribution in [2.75, 3.05) is 11.4 Å². The average molecular weight is 261 g/mol. The van der Waals surface area contributed by atoms with E-state index in [1.807, 2.05) is 0 Å². The van der Waals surface area contributed by atoms with E-state index >= 15 is 0 Å². The molecule has 1 heterocycles. The number of para-hydroxylation sites is 1. The molecule has 0 bridgehead atoms. The molecule has 2 heteroatoms. The van der Waals surface area contributed by atoms with Crippen LogP contribution in [0.3, 0.4) is 0 Å². The lowest BCUT2D eigenvalue weighted by atomic mass is 9.82. The van der Waals surface area contributed by atoms with Crippen molar-refractivity contribution >= 4 is 5.69 Å². The van der Waals surface area contributed by atoms with Crippen LogP contribution in [0.5, 0.6) is 0 Å². The second kappa shape index (κ2) is 4.82. The van der Waals surface area contributed by atoms with E-state index in [1.54, 1.807) is 0 Å². The number of β-amino-alcohol motifs (C(OH)–C–C–N with tert-alkyl or cyclic N) is 1. The number of nitrogens with zero attached hydrogens (tertiary/aromatic N) is 1. The summed E-state index contributed by atoms with van der Waals surface area (Å²) in [4.78, 5) is 2.39. The molecule has 1 aromatic rings. The number of piperidine rings is 1. The lowest BCUT2D eigenvalue weighted by Gasteiger charge is -2.47. The monoisotopic (exact) mass is 261 g/mol. The summed E-state index contributed by atoms with van der Waals surface area (Å²) in [5.74, 6) is 0. The van der Waals surface area contributed by atoms with Gasteiger partial charge in [0.1, 0.15) is 0 Å². The van der Waals surface area contributed by atoms with Crippen molar-refractivity contribution in [2.45, 2.75) is 64.5 Å². The highest BCUT2D eigenvalue weighted by Gasteiger charge is 2.35. The predicted molar refractivity (Wildman–Crippen MR) is 81.8 cm³/mol. The number of benzene rings is 1. The smallest absolute Gasteiger partial charge is 0.0716 e. The van der Waals surface area contributed by atoms with Gasteiger partial charge in [-0.05, 0) is 43.7 Å². The van der Waals surface area contributed by atoms with Crippen LogP contribution in [0.15, 0.2) is 24.3 Å². The standard InChI is InChI=1S/C17H27NO/c1-16(2,3)14-8-6-7-9-15(14)18-12-13(19)10-11-17(18,4)5/h6-9,13,19H,10-12H2,1-5H3. The lowest BCUT2D eigenvalue weighted by Crippen LogP contribution is -2.53. The first-order chi connectivity index (χ1) is 8.72. The molecule has 1 aromatic carbocycles. The van der Waals surface area contributed by atoms with E-state index in [9.17, 15) is 5.11 Å². The minimum Gasteiger partial charge on any atom is -0.391 e. The number of aliphatic hydroxyl groups is 1. The Morgan fingerprint density at radius 2 is 1.84 bits per heavy atom. The summed E-state index contributed by atoms with van der Waals surface area (Å²) in [6, 6.07) is 8.62. The van der Waals surface area contributed by atoms with Crippen molar-refractivity contribution in [2.24, 2.45) is 0 Å². The van der Waals surface area contributed by atoms with Gasteiger partial charge in [0.25, 0.3) is 0 Å². The zero-order valence-electron chi connectivity index (χ0n) is 12.9.